The van der Waals surface area contributed by atoms with Gasteiger partial charge in [0.05, 0.1) is 12.0 Å². The van der Waals surface area contributed by atoms with E-state index in [9.17, 15) is 9.90 Å². The first-order valence-electron chi connectivity index (χ1n) is 8.85. The lowest BCUT2D eigenvalue weighted by Crippen LogP contribution is -2.34. The monoisotopic (exact) mass is 331 g/mol. The zero-order valence-electron chi connectivity index (χ0n) is 14.9. The summed E-state index contributed by atoms with van der Waals surface area (Å²) in [6.45, 7) is 5.90. The number of allylic oxidation sites excluding steroid dienone is 5. The fourth-order valence-electron chi connectivity index (χ4n) is 3.37. The summed E-state index contributed by atoms with van der Waals surface area (Å²) < 4.78 is 5.63. The summed E-state index contributed by atoms with van der Waals surface area (Å²) in [6.07, 6.45) is 12.8. The summed E-state index contributed by atoms with van der Waals surface area (Å²) in [5.41, 5.74) is 7.54. The normalized spacial score (nSPS) is 25.5. The average molecular weight is 331 g/mol. The predicted molar refractivity (Wildman–Crippen MR) is 95.6 cm³/mol. The third-order valence-corrected chi connectivity index (χ3v) is 4.64. The highest BCUT2D eigenvalue weighted by Crippen LogP contribution is 2.36. The molecule has 0 saturated carbocycles. The van der Waals surface area contributed by atoms with Crippen LogP contribution in [-0.2, 0) is 9.53 Å². The van der Waals surface area contributed by atoms with Gasteiger partial charge in [0, 0.05) is 11.3 Å². The lowest BCUT2D eigenvalue weighted by atomic mass is 9.78. The maximum atomic E-state index is 12.6. The first-order chi connectivity index (χ1) is 11.4. The fraction of sp³-hybridized carbons (Fsp3) is 0.550. The zero-order chi connectivity index (χ0) is 17.7. The average Bonchev–Trinajstić information content (AvgIpc) is 2.70. The molecule has 2 aliphatic rings. The van der Waals surface area contributed by atoms with E-state index in [2.05, 4.69) is 6.08 Å². The quantitative estimate of drug-likeness (QED) is 0.730. The van der Waals surface area contributed by atoms with Gasteiger partial charge in [0.2, 0.25) is 0 Å². The van der Waals surface area contributed by atoms with E-state index in [-0.39, 0.29) is 29.8 Å². The standard InChI is InChI=1S/C20H29NO3/c1-13(2)19-15(9-7-8-14(3)22)12-18(24-20(19)23)16-10-5-4-6-11-17(16)21/h4-5,10-15,19,22H,6-9,21H2,1-3H3. The minimum Gasteiger partial charge on any atom is -0.426 e. The van der Waals surface area contributed by atoms with Gasteiger partial charge in [0.15, 0.2) is 0 Å². The molecular formula is C20H29NO3. The SMILES string of the molecule is CC(O)CCCC1C=C(C2=CC=CCC=C2N)OC(=O)C1C(C)C. The molecule has 0 radical (unpaired) electrons. The van der Waals surface area contributed by atoms with Crippen molar-refractivity contribution in [3.8, 4) is 0 Å². The molecular weight excluding hydrogens is 302 g/mol. The highest BCUT2D eigenvalue weighted by atomic mass is 16.5. The molecule has 0 spiro atoms. The van der Waals surface area contributed by atoms with Crippen molar-refractivity contribution in [3.63, 3.8) is 0 Å². The minimum atomic E-state index is -0.310. The van der Waals surface area contributed by atoms with Crippen LogP contribution in [0.2, 0.25) is 0 Å². The van der Waals surface area contributed by atoms with Crippen molar-refractivity contribution in [2.24, 2.45) is 23.5 Å². The van der Waals surface area contributed by atoms with Crippen molar-refractivity contribution in [3.05, 3.63) is 47.4 Å². The number of hydrogen-bond acceptors (Lipinski definition) is 4. The molecule has 0 aromatic rings. The Hall–Kier alpha value is -1.81. The van der Waals surface area contributed by atoms with Gasteiger partial charge in [-0.05, 0) is 50.2 Å². The predicted octanol–water partition coefficient (Wildman–Crippen LogP) is 3.60. The molecule has 132 valence electrons. The topological polar surface area (TPSA) is 72.6 Å². The van der Waals surface area contributed by atoms with E-state index in [0.717, 1.165) is 31.3 Å². The highest BCUT2D eigenvalue weighted by Gasteiger charge is 2.36. The number of carbonyl (C=O) groups excluding carboxylic acids is 1. The second kappa shape index (κ2) is 8.34. The molecule has 1 aliphatic heterocycles. The van der Waals surface area contributed by atoms with Crippen LogP contribution in [0, 0.1) is 17.8 Å². The van der Waals surface area contributed by atoms with Crippen LogP contribution in [0.15, 0.2) is 47.4 Å². The van der Waals surface area contributed by atoms with Crippen LogP contribution >= 0.6 is 0 Å². The van der Waals surface area contributed by atoms with Crippen LogP contribution in [0.5, 0.6) is 0 Å². The van der Waals surface area contributed by atoms with Crippen molar-refractivity contribution in [1.29, 1.82) is 0 Å². The van der Waals surface area contributed by atoms with E-state index in [1.165, 1.54) is 0 Å². The van der Waals surface area contributed by atoms with Gasteiger partial charge in [-0.1, -0.05) is 38.5 Å². The Balaban J connectivity index is 2.26. The smallest absolute Gasteiger partial charge is 0.315 e. The Bertz CT molecular complexity index is 582. The number of hydrogen-bond donors (Lipinski definition) is 2. The molecule has 0 bridgehead atoms. The van der Waals surface area contributed by atoms with Gasteiger partial charge in [0.25, 0.3) is 0 Å². The Labute approximate surface area is 144 Å². The Morgan fingerprint density at radius 1 is 1.38 bits per heavy atom. The number of aliphatic hydroxyl groups is 1. The van der Waals surface area contributed by atoms with E-state index in [1.807, 2.05) is 38.2 Å². The van der Waals surface area contributed by atoms with Gasteiger partial charge < -0.3 is 15.6 Å². The van der Waals surface area contributed by atoms with Crippen molar-refractivity contribution in [2.45, 2.75) is 52.6 Å². The van der Waals surface area contributed by atoms with E-state index in [0.29, 0.717) is 11.5 Å². The second-order valence-electron chi connectivity index (χ2n) is 7.07. The highest BCUT2D eigenvalue weighted by molar-refractivity contribution is 5.77. The molecule has 4 heteroatoms. The summed E-state index contributed by atoms with van der Waals surface area (Å²) >= 11 is 0. The van der Waals surface area contributed by atoms with E-state index in [4.69, 9.17) is 10.5 Å². The van der Waals surface area contributed by atoms with E-state index < -0.39 is 0 Å². The van der Waals surface area contributed by atoms with Crippen molar-refractivity contribution >= 4 is 5.97 Å². The van der Waals surface area contributed by atoms with Gasteiger partial charge in [-0.15, -0.1) is 0 Å². The lowest BCUT2D eigenvalue weighted by Gasteiger charge is -2.32. The number of cyclic esters (lactones) is 1. The van der Waals surface area contributed by atoms with Crippen molar-refractivity contribution in [1.82, 2.24) is 0 Å². The molecule has 1 heterocycles. The van der Waals surface area contributed by atoms with Crippen LogP contribution < -0.4 is 5.73 Å². The molecule has 0 amide bonds. The van der Waals surface area contributed by atoms with E-state index >= 15 is 0 Å². The molecule has 0 saturated heterocycles. The molecule has 0 aromatic heterocycles. The lowest BCUT2D eigenvalue weighted by molar-refractivity contribution is -0.149. The minimum absolute atomic E-state index is 0.112. The van der Waals surface area contributed by atoms with Crippen molar-refractivity contribution < 1.29 is 14.6 Å². The molecule has 4 nitrogen and oxygen atoms in total. The molecule has 24 heavy (non-hydrogen) atoms. The summed E-state index contributed by atoms with van der Waals surface area (Å²) in [5, 5.41) is 9.48. The maximum absolute atomic E-state index is 12.6. The molecule has 3 unspecified atom stereocenters. The fourth-order valence-corrected chi connectivity index (χ4v) is 3.37. The molecule has 3 N–H and O–H groups in total. The first-order valence-corrected chi connectivity index (χ1v) is 8.85. The molecule has 0 aromatic carbocycles. The Morgan fingerprint density at radius 2 is 2.12 bits per heavy atom. The number of esters is 1. The third kappa shape index (κ3) is 4.60. The number of aliphatic hydroxyl groups excluding tert-OH is 1. The van der Waals surface area contributed by atoms with Crippen LogP contribution in [0.1, 0.15) is 46.5 Å². The summed E-state index contributed by atoms with van der Waals surface area (Å²) in [5.74, 6) is 0.573. The largest absolute Gasteiger partial charge is 0.426 e. The van der Waals surface area contributed by atoms with Crippen molar-refractivity contribution in [2.75, 3.05) is 0 Å². The van der Waals surface area contributed by atoms with Crippen LogP contribution in [-0.4, -0.2) is 17.2 Å². The molecule has 2 rings (SSSR count). The van der Waals surface area contributed by atoms with Gasteiger partial charge in [0.1, 0.15) is 5.76 Å². The van der Waals surface area contributed by atoms with Gasteiger partial charge in [-0.3, -0.25) is 4.79 Å². The molecule has 1 aliphatic carbocycles. The third-order valence-electron chi connectivity index (χ3n) is 4.64. The summed E-state index contributed by atoms with van der Waals surface area (Å²) in [6, 6.07) is 0. The Kier molecular flexibility index (Phi) is 6.44. The van der Waals surface area contributed by atoms with Gasteiger partial charge >= 0.3 is 5.97 Å². The number of ether oxygens (including phenoxy) is 1. The summed E-state index contributed by atoms with van der Waals surface area (Å²) in [7, 11) is 0. The van der Waals surface area contributed by atoms with Gasteiger partial charge in [-0.25, -0.2) is 0 Å². The van der Waals surface area contributed by atoms with E-state index in [1.54, 1.807) is 6.92 Å². The number of rotatable bonds is 6. The van der Waals surface area contributed by atoms with Crippen LogP contribution in [0.3, 0.4) is 0 Å². The van der Waals surface area contributed by atoms with Gasteiger partial charge in [-0.2, -0.15) is 0 Å². The molecule has 0 fully saturated rings. The van der Waals surface area contributed by atoms with Crippen LogP contribution in [0.4, 0.5) is 0 Å². The maximum Gasteiger partial charge on any atom is 0.315 e. The number of nitrogens with two attached hydrogens (primary N) is 1. The van der Waals surface area contributed by atoms with Crippen LogP contribution in [0.25, 0.3) is 0 Å². The Morgan fingerprint density at radius 3 is 2.79 bits per heavy atom. The zero-order valence-corrected chi connectivity index (χ0v) is 14.9. The second-order valence-corrected chi connectivity index (χ2v) is 7.07. The summed E-state index contributed by atoms with van der Waals surface area (Å²) in [4.78, 5) is 12.6. The molecule has 3 atom stereocenters. The number of carbonyl (C=O) groups is 1. The first kappa shape index (κ1) is 18.5.